The number of aryl methyl sites for hydroxylation is 1. The standard InChI is InChI=1S/C22H29NO/c1-14-15(2)22-8-10-24-21(19(22)12-18(14)13-22)17-6-7-20-16(11-17)5-4-9-23(20)3/h6-7,11,15,18-19,21H,1,4-5,8-10,12-13H2,2-3H3/t15-,18-,19-,21-,22+/m1/s1. The molecule has 1 aromatic carbocycles. The van der Waals surface area contributed by atoms with E-state index in [1.54, 1.807) is 0 Å². The third kappa shape index (κ3) is 1.87. The third-order valence-electron chi connectivity index (χ3n) is 7.86. The zero-order valence-electron chi connectivity index (χ0n) is 15.1. The van der Waals surface area contributed by atoms with Gasteiger partial charge in [0.15, 0.2) is 0 Å². The first-order chi connectivity index (χ1) is 11.6. The Kier molecular flexibility index (Phi) is 3.20. The molecule has 128 valence electrons. The smallest absolute Gasteiger partial charge is 0.0858 e. The number of allylic oxidation sites excluding steroid dienone is 1. The Hall–Kier alpha value is -1.28. The number of benzene rings is 1. The lowest BCUT2D eigenvalue weighted by molar-refractivity contribution is -0.106. The molecule has 0 aromatic heterocycles. The van der Waals surface area contributed by atoms with E-state index in [2.05, 4.69) is 43.6 Å². The molecule has 3 fully saturated rings. The van der Waals surface area contributed by atoms with Gasteiger partial charge in [0.05, 0.1) is 6.10 Å². The van der Waals surface area contributed by atoms with Gasteiger partial charge in [-0.25, -0.2) is 0 Å². The van der Waals surface area contributed by atoms with Gasteiger partial charge in [0, 0.05) is 25.9 Å². The molecule has 0 radical (unpaired) electrons. The van der Waals surface area contributed by atoms with Crippen LogP contribution in [-0.2, 0) is 11.2 Å². The Labute approximate surface area is 145 Å². The number of anilines is 1. The molecule has 0 N–H and O–H groups in total. The van der Waals surface area contributed by atoms with Crippen molar-refractivity contribution in [1.82, 2.24) is 0 Å². The second-order valence-electron chi connectivity index (χ2n) is 8.73. The van der Waals surface area contributed by atoms with Crippen LogP contribution in [0.5, 0.6) is 0 Å². The Morgan fingerprint density at radius 3 is 3.04 bits per heavy atom. The largest absolute Gasteiger partial charge is 0.374 e. The quantitative estimate of drug-likeness (QED) is 0.692. The van der Waals surface area contributed by atoms with Gasteiger partial charge in [0.25, 0.3) is 0 Å². The Morgan fingerprint density at radius 1 is 1.33 bits per heavy atom. The molecule has 2 aliphatic carbocycles. The van der Waals surface area contributed by atoms with Gasteiger partial charge in [-0.1, -0.05) is 31.2 Å². The molecule has 2 nitrogen and oxygen atoms in total. The summed E-state index contributed by atoms with van der Waals surface area (Å²) in [6, 6.07) is 7.14. The van der Waals surface area contributed by atoms with Gasteiger partial charge in [-0.15, -0.1) is 0 Å². The molecule has 5 rings (SSSR count). The van der Waals surface area contributed by atoms with E-state index in [1.165, 1.54) is 61.0 Å². The minimum absolute atomic E-state index is 0.303. The molecule has 2 heterocycles. The molecule has 1 spiro atoms. The minimum atomic E-state index is 0.303. The first kappa shape index (κ1) is 15.0. The monoisotopic (exact) mass is 323 g/mol. The molecule has 2 heteroatoms. The normalized spacial score (nSPS) is 40.6. The van der Waals surface area contributed by atoms with Crippen LogP contribution in [0.4, 0.5) is 5.69 Å². The van der Waals surface area contributed by atoms with Crippen molar-refractivity contribution in [3.63, 3.8) is 0 Å². The molecule has 1 aromatic rings. The number of hydrogen-bond donors (Lipinski definition) is 0. The summed E-state index contributed by atoms with van der Waals surface area (Å²) in [6.45, 7) is 8.95. The maximum absolute atomic E-state index is 6.38. The van der Waals surface area contributed by atoms with Gasteiger partial charge in [0.1, 0.15) is 0 Å². The van der Waals surface area contributed by atoms with Crippen molar-refractivity contribution in [2.45, 2.75) is 45.1 Å². The van der Waals surface area contributed by atoms with E-state index in [0.717, 1.165) is 12.5 Å². The first-order valence-electron chi connectivity index (χ1n) is 9.74. The fraction of sp³-hybridized carbons (Fsp3) is 0.636. The van der Waals surface area contributed by atoms with Crippen LogP contribution in [0.2, 0.25) is 0 Å². The predicted octanol–water partition coefficient (Wildman–Crippen LogP) is 4.75. The number of hydrogen-bond acceptors (Lipinski definition) is 2. The summed E-state index contributed by atoms with van der Waals surface area (Å²) in [7, 11) is 2.22. The van der Waals surface area contributed by atoms with E-state index in [4.69, 9.17) is 4.74 Å². The molecular weight excluding hydrogens is 294 g/mol. The van der Waals surface area contributed by atoms with Crippen molar-refractivity contribution in [2.24, 2.45) is 23.2 Å². The van der Waals surface area contributed by atoms with E-state index < -0.39 is 0 Å². The number of ether oxygens (including phenoxy) is 1. The van der Waals surface area contributed by atoms with Gasteiger partial charge in [0.2, 0.25) is 0 Å². The highest BCUT2D eigenvalue weighted by molar-refractivity contribution is 5.56. The third-order valence-corrected chi connectivity index (χ3v) is 7.86. The van der Waals surface area contributed by atoms with E-state index in [9.17, 15) is 0 Å². The lowest BCUT2D eigenvalue weighted by atomic mass is 9.62. The highest BCUT2D eigenvalue weighted by atomic mass is 16.5. The maximum atomic E-state index is 6.38. The van der Waals surface area contributed by atoms with Crippen LogP contribution in [0.3, 0.4) is 0 Å². The van der Waals surface area contributed by atoms with Gasteiger partial charge < -0.3 is 9.64 Å². The second kappa shape index (κ2) is 5.11. The summed E-state index contributed by atoms with van der Waals surface area (Å²) in [4.78, 5) is 2.40. The highest BCUT2D eigenvalue weighted by Crippen LogP contribution is 2.68. The van der Waals surface area contributed by atoms with Gasteiger partial charge in [-0.05, 0) is 72.5 Å². The number of rotatable bonds is 1. The van der Waals surface area contributed by atoms with E-state index in [0.29, 0.717) is 23.4 Å². The fourth-order valence-corrected chi connectivity index (χ4v) is 6.47. The fourth-order valence-electron chi connectivity index (χ4n) is 6.47. The second-order valence-corrected chi connectivity index (χ2v) is 8.73. The molecule has 24 heavy (non-hydrogen) atoms. The molecule has 2 bridgehead atoms. The summed E-state index contributed by atoms with van der Waals surface area (Å²) in [5, 5.41) is 0. The number of nitrogens with zero attached hydrogens (tertiary/aromatic N) is 1. The first-order valence-corrected chi connectivity index (χ1v) is 9.74. The van der Waals surface area contributed by atoms with Crippen LogP contribution in [-0.4, -0.2) is 20.2 Å². The maximum Gasteiger partial charge on any atom is 0.0858 e. The molecule has 0 unspecified atom stereocenters. The van der Waals surface area contributed by atoms with Gasteiger partial charge in [-0.3, -0.25) is 0 Å². The van der Waals surface area contributed by atoms with E-state index in [1.807, 2.05) is 0 Å². The summed E-state index contributed by atoms with van der Waals surface area (Å²) in [5.74, 6) is 2.12. The van der Waals surface area contributed by atoms with Crippen LogP contribution in [0.15, 0.2) is 30.4 Å². The summed E-state index contributed by atoms with van der Waals surface area (Å²) in [5.41, 5.74) is 6.37. The van der Waals surface area contributed by atoms with Gasteiger partial charge in [-0.2, -0.15) is 0 Å². The topological polar surface area (TPSA) is 12.5 Å². The molecular formula is C22H29NO. The van der Waals surface area contributed by atoms with Crippen LogP contribution in [0, 0.1) is 23.2 Å². The molecule has 4 aliphatic rings. The zero-order valence-corrected chi connectivity index (χ0v) is 15.1. The van der Waals surface area contributed by atoms with Crippen LogP contribution < -0.4 is 4.90 Å². The SMILES string of the molecule is C=C1[C@@H]2C[C@@H]3[C@@H](c4ccc5c(c4)CCCN5C)OCC[C@]3(C2)[C@@H]1C. The Balaban J connectivity index is 1.51. The average molecular weight is 323 g/mol. The highest BCUT2D eigenvalue weighted by Gasteiger charge is 2.61. The number of fused-ring (bicyclic) bond motifs is 2. The average Bonchev–Trinajstić information content (AvgIpc) is 3.09. The summed E-state index contributed by atoms with van der Waals surface area (Å²) in [6.07, 6.45) is 6.68. The molecule has 2 aliphatic heterocycles. The zero-order chi connectivity index (χ0) is 16.5. The van der Waals surface area contributed by atoms with Crippen molar-refractivity contribution in [3.8, 4) is 0 Å². The summed E-state index contributed by atoms with van der Waals surface area (Å²) < 4.78 is 6.38. The predicted molar refractivity (Wildman–Crippen MR) is 98.3 cm³/mol. The van der Waals surface area contributed by atoms with E-state index >= 15 is 0 Å². The lowest BCUT2D eigenvalue weighted by Crippen LogP contribution is -2.42. The van der Waals surface area contributed by atoms with Crippen molar-refractivity contribution in [1.29, 1.82) is 0 Å². The van der Waals surface area contributed by atoms with Crippen molar-refractivity contribution < 1.29 is 4.74 Å². The van der Waals surface area contributed by atoms with Crippen LogP contribution in [0.1, 0.15) is 49.8 Å². The molecule has 2 saturated carbocycles. The molecule has 0 amide bonds. The van der Waals surface area contributed by atoms with Crippen molar-refractivity contribution >= 4 is 5.69 Å². The van der Waals surface area contributed by atoms with Crippen molar-refractivity contribution in [3.05, 3.63) is 41.5 Å². The van der Waals surface area contributed by atoms with E-state index in [-0.39, 0.29) is 0 Å². The van der Waals surface area contributed by atoms with Crippen molar-refractivity contribution in [2.75, 3.05) is 25.1 Å². The van der Waals surface area contributed by atoms with Gasteiger partial charge >= 0.3 is 0 Å². The Bertz CT molecular complexity index is 695. The van der Waals surface area contributed by atoms with Crippen LogP contribution >= 0.6 is 0 Å². The molecule has 1 saturated heterocycles. The minimum Gasteiger partial charge on any atom is -0.374 e. The summed E-state index contributed by atoms with van der Waals surface area (Å²) >= 11 is 0. The van der Waals surface area contributed by atoms with Crippen LogP contribution in [0.25, 0.3) is 0 Å². The Morgan fingerprint density at radius 2 is 2.21 bits per heavy atom. The molecule has 5 atom stereocenters. The lowest BCUT2D eigenvalue weighted by Gasteiger charge is -2.48.